The molecule has 0 saturated heterocycles. The van der Waals surface area contributed by atoms with Crippen molar-refractivity contribution in [2.24, 2.45) is 5.41 Å². The largest absolute Gasteiger partial charge is 0.478 e. The highest BCUT2D eigenvalue weighted by atomic mass is 16.4. The van der Waals surface area contributed by atoms with Crippen molar-refractivity contribution in [1.82, 2.24) is 0 Å². The number of anilines is 2. The normalized spacial score (nSPS) is 11.0. The first-order chi connectivity index (χ1) is 11.7. The van der Waals surface area contributed by atoms with Crippen molar-refractivity contribution < 1.29 is 14.7 Å². The number of carbonyl (C=O) groups excluding carboxylic acids is 1. The number of amides is 1. The van der Waals surface area contributed by atoms with Gasteiger partial charge < -0.3 is 15.7 Å². The van der Waals surface area contributed by atoms with Gasteiger partial charge in [-0.1, -0.05) is 39.0 Å². The molecule has 0 spiro atoms. The molecular formula is C20H24N2O3. The molecule has 3 N–H and O–H groups in total. The number of carbonyl (C=O) groups is 2. The number of aryl methyl sites for hydroxylation is 1. The van der Waals surface area contributed by atoms with Crippen molar-refractivity contribution >= 4 is 23.3 Å². The third-order valence-electron chi connectivity index (χ3n) is 3.86. The average molecular weight is 340 g/mol. The molecule has 0 fully saturated rings. The second-order valence-corrected chi connectivity index (χ2v) is 7.09. The van der Waals surface area contributed by atoms with Crippen molar-refractivity contribution in [2.75, 3.05) is 10.6 Å². The molecule has 0 radical (unpaired) electrons. The Morgan fingerprint density at radius 3 is 2.24 bits per heavy atom. The summed E-state index contributed by atoms with van der Waals surface area (Å²) in [6.07, 6.45) is 0. The van der Waals surface area contributed by atoms with Crippen LogP contribution in [0.2, 0.25) is 0 Å². The predicted molar refractivity (Wildman–Crippen MR) is 100.0 cm³/mol. The van der Waals surface area contributed by atoms with E-state index in [2.05, 4.69) is 10.6 Å². The number of nitrogens with one attached hydrogen (secondary N) is 2. The van der Waals surface area contributed by atoms with Crippen LogP contribution in [-0.2, 0) is 11.3 Å². The highest BCUT2D eigenvalue weighted by molar-refractivity contribution is 5.95. The van der Waals surface area contributed by atoms with Crippen molar-refractivity contribution in [1.29, 1.82) is 0 Å². The van der Waals surface area contributed by atoms with Gasteiger partial charge in [0.1, 0.15) is 0 Å². The Morgan fingerprint density at radius 1 is 1.04 bits per heavy atom. The molecule has 2 rings (SSSR count). The van der Waals surface area contributed by atoms with Crippen LogP contribution in [0.5, 0.6) is 0 Å². The van der Waals surface area contributed by atoms with Crippen LogP contribution in [0.1, 0.15) is 42.3 Å². The first kappa shape index (κ1) is 18.5. The Balaban J connectivity index is 2.07. The molecule has 2 aromatic rings. The molecule has 0 aliphatic heterocycles. The summed E-state index contributed by atoms with van der Waals surface area (Å²) in [4.78, 5) is 23.0. The molecule has 0 bridgehead atoms. The van der Waals surface area contributed by atoms with Gasteiger partial charge in [0.2, 0.25) is 5.91 Å². The maximum atomic E-state index is 12.1. The topological polar surface area (TPSA) is 78.4 Å². The highest BCUT2D eigenvalue weighted by Crippen LogP contribution is 2.23. The Kier molecular flexibility index (Phi) is 5.47. The van der Waals surface area contributed by atoms with E-state index in [0.717, 1.165) is 22.5 Å². The smallest absolute Gasteiger partial charge is 0.335 e. The van der Waals surface area contributed by atoms with Crippen molar-refractivity contribution in [3.8, 4) is 0 Å². The van der Waals surface area contributed by atoms with Gasteiger partial charge in [0.25, 0.3) is 0 Å². The molecule has 0 aliphatic rings. The van der Waals surface area contributed by atoms with E-state index in [1.807, 2.05) is 45.9 Å². The van der Waals surface area contributed by atoms with Crippen LogP contribution < -0.4 is 10.6 Å². The Hall–Kier alpha value is -2.82. The van der Waals surface area contributed by atoms with Crippen LogP contribution in [-0.4, -0.2) is 17.0 Å². The van der Waals surface area contributed by atoms with E-state index in [4.69, 9.17) is 5.11 Å². The van der Waals surface area contributed by atoms with Crippen LogP contribution in [0.25, 0.3) is 0 Å². The van der Waals surface area contributed by atoms with Gasteiger partial charge in [-0.25, -0.2) is 4.79 Å². The van der Waals surface area contributed by atoms with E-state index in [9.17, 15) is 9.59 Å². The van der Waals surface area contributed by atoms with Crippen molar-refractivity contribution in [3.05, 3.63) is 59.2 Å². The number of hydrogen-bond acceptors (Lipinski definition) is 3. The quantitative estimate of drug-likeness (QED) is 0.759. The predicted octanol–water partition coefficient (Wildman–Crippen LogP) is 4.29. The van der Waals surface area contributed by atoms with E-state index >= 15 is 0 Å². The molecule has 5 nitrogen and oxygen atoms in total. The van der Waals surface area contributed by atoms with Gasteiger partial charge in [0.05, 0.1) is 5.56 Å². The third kappa shape index (κ3) is 5.08. The summed E-state index contributed by atoms with van der Waals surface area (Å²) in [6.45, 7) is 8.17. The Bertz CT molecular complexity index is 775. The lowest BCUT2D eigenvalue weighted by molar-refractivity contribution is -0.123. The summed E-state index contributed by atoms with van der Waals surface area (Å²) in [5.74, 6) is -0.968. The number of carboxylic acid groups (broad SMARTS) is 1. The number of hydrogen-bond donors (Lipinski definition) is 3. The van der Waals surface area contributed by atoms with Crippen molar-refractivity contribution in [2.45, 2.75) is 34.2 Å². The Labute approximate surface area is 148 Å². The SMILES string of the molecule is Cc1ccc(NC(=O)C(C)(C)C)cc1NCc1ccc(C(=O)O)cc1. The number of benzene rings is 2. The minimum atomic E-state index is -0.933. The molecule has 0 heterocycles. The summed E-state index contributed by atoms with van der Waals surface area (Å²) >= 11 is 0. The molecule has 0 aliphatic carbocycles. The van der Waals surface area contributed by atoms with Gasteiger partial charge in [-0.15, -0.1) is 0 Å². The molecule has 2 aromatic carbocycles. The number of rotatable bonds is 5. The standard InChI is InChI=1S/C20H24N2O3/c1-13-5-10-16(22-19(25)20(2,3)4)11-17(13)21-12-14-6-8-15(9-7-14)18(23)24/h5-11,21H,12H2,1-4H3,(H,22,25)(H,23,24). The molecule has 5 heteroatoms. The minimum absolute atomic E-state index is 0.0356. The maximum Gasteiger partial charge on any atom is 0.335 e. The summed E-state index contributed by atoms with van der Waals surface area (Å²) in [5.41, 5.74) is 3.53. The lowest BCUT2D eigenvalue weighted by atomic mass is 9.95. The molecule has 1 amide bonds. The first-order valence-corrected chi connectivity index (χ1v) is 8.15. The molecule has 0 aromatic heterocycles. The van der Waals surface area contributed by atoms with E-state index in [0.29, 0.717) is 6.54 Å². The zero-order valence-electron chi connectivity index (χ0n) is 15.0. The Morgan fingerprint density at radius 2 is 1.68 bits per heavy atom. The fraction of sp³-hybridized carbons (Fsp3) is 0.300. The second-order valence-electron chi connectivity index (χ2n) is 7.09. The van der Waals surface area contributed by atoms with Crippen LogP contribution in [0.4, 0.5) is 11.4 Å². The lowest BCUT2D eigenvalue weighted by Gasteiger charge is -2.19. The lowest BCUT2D eigenvalue weighted by Crippen LogP contribution is -2.27. The van der Waals surface area contributed by atoms with E-state index in [1.165, 1.54) is 0 Å². The molecule has 0 saturated carbocycles. The van der Waals surface area contributed by atoms with Crippen LogP contribution in [0.3, 0.4) is 0 Å². The average Bonchev–Trinajstić information content (AvgIpc) is 2.54. The van der Waals surface area contributed by atoms with E-state index in [-0.39, 0.29) is 11.5 Å². The molecular weight excluding hydrogens is 316 g/mol. The minimum Gasteiger partial charge on any atom is -0.478 e. The molecule has 0 atom stereocenters. The van der Waals surface area contributed by atoms with E-state index < -0.39 is 11.4 Å². The van der Waals surface area contributed by atoms with Gasteiger partial charge >= 0.3 is 5.97 Å². The highest BCUT2D eigenvalue weighted by Gasteiger charge is 2.21. The molecule has 25 heavy (non-hydrogen) atoms. The summed E-state index contributed by atoms with van der Waals surface area (Å²) in [6, 6.07) is 12.5. The van der Waals surface area contributed by atoms with E-state index in [1.54, 1.807) is 24.3 Å². The van der Waals surface area contributed by atoms with Gasteiger partial charge in [-0.05, 0) is 42.3 Å². The fourth-order valence-corrected chi connectivity index (χ4v) is 2.17. The van der Waals surface area contributed by atoms with Crippen molar-refractivity contribution in [3.63, 3.8) is 0 Å². The van der Waals surface area contributed by atoms with Gasteiger partial charge in [-0.2, -0.15) is 0 Å². The second kappa shape index (κ2) is 7.38. The fourth-order valence-electron chi connectivity index (χ4n) is 2.17. The zero-order chi connectivity index (χ0) is 18.6. The maximum absolute atomic E-state index is 12.1. The third-order valence-corrected chi connectivity index (χ3v) is 3.86. The zero-order valence-corrected chi connectivity index (χ0v) is 15.0. The van der Waals surface area contributed by atoms with Crippen LogP contribution in [0.15, 0.2) is 42.5 Å². The van der Waals surface area contributed by atoms with Crippen LogP contribution >= 0.6 is 0 Å². The number of carboxylic acids is 1. The molecule has 132 valence electrons. The monoisotopic (exact) mass is 340 g/mol. The van der Waals surface area contributed by atoms with Gasteiger partial charge in [0, 0.05) is 23.3 Å². The number of aromatic carboxylic acids is 1. The molecule has 0 unspecified atom stereocenters. The summed E-state index contributed by atoms with van der Waals surface area (Å²) < 4.78 is 0. The van der Waals surface area contributed by atoms with Crippen LogP contribution in [0, 0.1) is 12.3 Å². The van der Waals surface area contributed by atoms with Gasteiger partial charge in [-0.3, -0.25) is 4.79 Å². The summed E-state index contributed by atoms with van der Waals surface area (Å²) in [7, 11) is 0. The first-order valence-electron chi connectivity index (χ1n) is 8.15. The van der Waals surface area contributed by atoms with Gasteiger partial charge in [0.15, 0.2) is 0 Å². The summed E-state index contributed by atoms with van der Waals surface area (Å²) in [5, 5.41) is 15.2.